The minimum absolute atomic E-state index is 0.0725. The molecule has 1 fully saturated rings. The van der Waals surface area contributed by atoms with Gasteiger partial charge in [-0.15, -0.1) is 0 Å². The molecule has 0 spiro atoms. The first-order chi connectivity index (χ1) is 9.59. The Morgan fingerprint density at radius 3 is 2.85 bits per heavy atom. The molecule has 1 N–H and O–H groups in total. The van der Waals surface area contributed by atoms with E-state index in [-0.39, 0.29) is 17.6 Å². The van der Waals surface area contributed by atoms with Crippen molar-refractivity contribution in [2.75, 3.05) is 13.2 Å². The van der Waals surface area contributed by atoms with E-state index in [0.717, 1.165) is 19.4 Å². The fraction of sp³-hybridized carbons (Fsp3) is 0.571. The van der Waals surface area contributed by atoms with E-state index < -0.39 is 5.97 Å². The first kappa shape index (κ1) is 13.2. The zero-order chi connectivity index (χ0) is 14.3. The van der Waals surface area contributed by atoms with E-state index in [4.69, 9.17) is 4.74 Å². The van der Waals surface area contributed by atoms with Crippen molar-refractivity contribution in [2.45, 2.75) is 39.0 Å². The lowest BCUT2D eigenvalue weighted by Gasteiger charge is -2.23. The fourth-order valence-corrected chi connectivity index (χ4v) is 3.08. The van der Waals surface area contributed by atoms with Crippen molar-refractivity contribution in [3.8, 4) is 0 Å². The number of ether oxygens (including phenoxy) is 1. The predicted molar refractivity (Wildman–Crippen MR) is 70.8 cm³/mol. The first-order valence-corrected chi connectivity index (χ1v) is 6.94. The van der Waals surface area contributed by atoms with Crippen LogP contribution in [0.3, 0.4) is 0 Å². The second-order valence-electron chi connectivity index (χ2n) is 5.39. The summed E-state index contributed by atoms with van der Waals surface area (Å²) >= 11 is 0. The molecule has 1 saturated heterocycles. The minimum Gasteiger partial charge on any atom is -0.477 e. The smallest absolute Gasteiger partial charge is 0.352 e. The Kier molecular flexibility index (Phi) is 3.25. The van der Waals surface area contributed by atoms with Gasteiger partial charge in [0, 0.05) is 19.1 Å². The Bertz CT molecular complexity index is 564. The molecule has 2 aliphatic heterocycles. The van der Waals surface area contributed by atoms with Crippen LogP contribution in [0.25, 0.3) is 0 Å². The average Bonchev–Trinajstić information content (AvgIpc) is 3.01. The highest BCUT2D eigenvalue weighted by Gasteiger charge is 2.31. The van der Waals surface area contributed by atoms with Gasteiger partial charge in [-0.25, -0.2) is 4.79 Å². The molecule has 1 unspecified atom stereocenters. The number of likely N-dealkylation sites (tertiary alicyclic amines) is 1. The molecule has 1 aromatic rings. The van der Waals surface area contributed by atoms with Gasteiger partial charge in [-0.2, -0.15) is 0 Å². The summed E-state index contributed by atoms with van der Waals surface area (Å²) in [5, 5.41) is 9.27. The number of aromatic nitrogens is 1. The summed E-state index contributed by atoms with van der Waals surface area (Å²) in [6.45, 7) is 4.04. The van der Waals surface area contributed by atoms with E-state index in [2.05, 4.69) is 0 Å². The number of hydrogen-bond donors (Lipinski definition) is 1. The highest BCUT2D eigenvalue weighted by molar-refractivity contribution is 5.99. The van der Waals surface area contributed by atoms with Gasteiger partial charge in [0.05, 0.1) is 24.5 Å². The molecule has 6 nitrogen and oxygen atoms in total. The summed E-state index contributed by atoms with van der Waals surface area (Å²) < 4.78 is 7.08. The van der Waals surface area contributed by atoms with Crippen LogP contribution in [0, 0.1) is 0 Å². The monoisotopic (exact) mass is 278 g/mol. The fourth-order valence-electron chi connectivity index (χ4n) is 3.08. The van der Waals surface area contributed by atoms with Crippen LogP contribution in [0.2, 0.25) is 0 Å². The van der Waals surface area contributed by atoms with E-state index in [0.29, 0.717) is 31.0 Å². The molecule has 108 valence electrons. The van der Waals surface area contributed by atoms with Crippen molar-refractivity contribution in [3.63, 3.8) is 0 Å². The summed E-state index contributed by atoms with van der Waals surface area (Å²) in [7, 11) is 0. The van der Waals surface area contributed by atoms with Crippen molar-refractivity contribution in [2.24, 2.45) is 0 Å². The maximum absolute atomic E-state index is 12.6. The molecule has 1 aromatic heterocycles. The summed E-state index contributed by atoms with van der Waals surface area (Å²) in [6, 6.07) is 1.72. The van der Waals surface area contributed by atoms with Crippen LogP contribution in [-0.4, -0.2) is 45.6 Å². The molecule has 3 heterocycles. The van der Waals surface area contributed by atoms with Gasteiger partial charge in [0.25, 0.3) is 5.91 Å². The molecule has 0 aromatic carbocycles. The van der Waals surface area contributed by atoms with E-state index in [9.17, 15) is 14.7 Å². The van der Waals surface area contributed by atoms with Gasteiger partial charge in [-0.1, -0.05) is 0 Å². The number of carbonyl (C=O) groups excluding carboxylic acids is 1. The molecule has 3 rings (SSSR count). The molecule has 20 heavy (non-hydrogen) atoms. The third kappa shape index (κ3) is 2.00. The first-order valence-electron chi connectivity index (χ1n) is 6.94. The van der Waals surface area contributed by atoms with Crippen molar-refractivity contribution in [1.82, 2.24) is 9.47 Å². The number of fused-ring (bicyclic) bond motifs is 1. The maximum Gasteiger partial charge on any atom is 0.352 e. The average molecular weight is 278 g/mol. The lowest BCUT2D eigenvalue weighted by atomic mass is 10.2. The normalized spacial score (nSPS) is 21.9. The molecule has 1 atom stereocenters. The number of carboxylic acids is 1. The van der Waals surface area contributed by atoms with Gasteiger partial charge in [-0.3, -0.25) is 4.79 Å². The molecule has 0 aliphatic carbocycles. The quantitative estimate of drug-likeness (QED) is 0.886. The van der Waals surface area contributed by atoms with E-state index in [1.165, 1.54) is 6.07 Å². The van der Waals surface area contributed by atoms with Gasteiger partial charge in [-0.05, 0) is 25.8 Å². The Balaban J connectivity index is 2.01. The molecule has 2 aliphatic rings. The zero-order valence-corrected chi connectivity index (χ0v) is 11.5. The van der Waals surface area contributed by atoms with Crippen LogP contribution >= 0.6 is 0 Å². The standard InChI is InChI=1S/C14H18N2O4/c1-9-3-2-4-15(9)13(17)10-7-11(14(18)19)16-5-6-20-8-12(10)16/h7,9H,2-6,8H2,1H3,(H,18,19). The number of carbonyl (C=O) groups is 2. The molecule has 6 heteroatoms. The molecule has 0 radical (unpaired) electrons. The number of rotatable bonds is 2. The number of hydrogen-bond acceptors (Lipinski definition) is 3. The highest BCUT2D eigenvalue weighted by atomic mass is 16.5. The SMILES string of the molecule is CC1CCCN1C(=O)c1cc(C(=O)O)n2c1COCC2. The van der Waals surface area contributed by atoms with Crippen LogP contribution in [0.15, 0.2) is 6.07 Å². The number of aromatic carboxylic acids is 1. The van der Waals surface area contributed by atoms with Crippen molar-refractivity contribution < 1.29 is 19.4 Å². The topological polar surface area (TPSA) is 71.8 Å². The predicted octanol–water partition coefficient (Wildman–Crippen LogP) is 1.34. The van der Waals surface area contributed by atoms with Crippen molar-refractivity contribution >= 4 is 11.9 Å². The van der Waals surface area contributed by atoms with Crippen molar-refractivity contribution in [1.29, 1.82) is 0 Å². The third-order valence-corrected chi connectivity index (χ3v) is 4.17. The van der Waals surface area contributed by atoms with E-state index >= 15 is 0 Å². The van der Waals surface area contributed by atoms with Crippen LogP contribution in [0.5, 0.6) is 0 Å². The van der Waals surface area contributed by atoms with E-state index in [1.54, 1.807) is 4.57 Å². The maximum atomic E-state index is 12.6. The largest absolute Gasteiger partial charge is 0.477 e. The zero-order valence-electron chi connectivity index (χ0n) is 11.5. The third-order valence-electron chi connectivity index (χ3n) is 4.17. The Labute approximate surface area is 116 Å². The summed E-state index contributed by atoms with van der Waals surface area (Å²) in [5.41, 5.74) is 1.35. The summed E-state index contributed by atoms with van der Waals surface area (Å²) in [4.78, 5) is 25.8. The second kappa shape index (κ2) is 4.94. The van der Waals surface area contributed by atoms with Crippen molar-refractivity contribution in [3.05, 3.63) is 23.0 Å². The number of nitrogens with zero attached hydrogens (tertiary/aromatic N) is 2. The Morgan fingerprint density at radius 2 is 2.20 bits per heavy atom. The second-order valence-corrected chi connectivity index (χ2v) is 5.39. The highest BCUT2D eigenvalue weighted by Crippen LogP contribution is 2.26. The lowest BCUT2D eigenvalue weighted by molar-refractivity contribution is 0.0633. The van der Waals surface area contributed by atoms with Crippen LogP contribution in [-0.2, 0) is 17.9 Å². The van der Waals surface area contributed by atoms with E-state index in [1.807, 2.05) is 11.8 Å². The van der Waals surface area contributed by atoms with Gasteiger partial charge in [0.2, 0.25) is 0 Å². The molecular formula is C14H18N2O4. The van der Waals surface area contributed by atoms with Gasteiger partial charge >= 0.3 is 5.97 Å². The van der Waals surface area contributed by atoms with Crippen LogP contribution in [0.1, 0.15) is 46.3 Å². The minimum atomic E-state index is -0.998. The van der Waals surface area contributed by atoms with Gasteiger partial charge in [0.15, 0.2) is 0 Å². The molecule has 1 amide bonds. The number of amides is 1. The van der Waals surface area contributed by atoms with Gasteiger partial charge < -0.3 is 19.3 Å². The summed E-state index contributed by atoms with van der Waals surface area (Å²) in [5.74, 6) is -1.07. The summed E-state index contributed by atoms with van der Waals surface area (Å²) in [6.07, 6.45) is 2.01. The number of carboxylic acid groups (broad SMARTS) is 1. The van der Waals surface area contributed by atoms with Crippen LogP contribution < -0.4 is 0 Å². The van der Waals surface area contributed by atoms with Gasteiger partial charge in [0.1, 0.15) is 5.69 Å². The lowest BCUT2D eigenvalue weighted by Crippen LogP contribution is -2.34. The van der Waals surface area contributed by atoms with Crippen LogP contribution in [0.4, 0.5) is 0 Å². The Hall–Kier alpha value is -1.82. The molecule has 0 bridgehead atoms. The molecular weight excluding hydrogens is 260 g/mol. The molecule has 0 saturated carbocycles. The Morgan fingerprint density at radius 1 is 1.40 bits per heavy atom.